The molecule has 0 saturated heterocycles. The third kappa shape index (κ3) is 7.35. The lowest BCUT2D eigenvalue weighted by Crippen LogP contribution is -2.48. The Kier molecular flexibility index (Phi) is 7.37. The average Bonchev–Trinajstić information content (AvgIpc) is 2.16. The minimum absolute atomic E-state index is 0.300. The molecule has 1 atom stereocenters. The first-order chi connectivity index (χ1) is 7.04. The van der Waals surface area contributed by atoms with Crippen molar-refractivity contribution >= 4 is 0 Å². The van der Waals surface area contributed by atoms with Gasteiger partial charge in [-0.05, 0) is 27.2 Å². The van der Waals surface area contributed by atoms with Gasteiger partial charge in [0.1, 0.15) is 5.54 Å². The standard InChI is InChI=1S/C12H24N2O/c1-5-6-7-8-15-10-12(4,9-13)14-11(2)3/h11,14H,5-8,10H2,1-4H3. The fraction of sp³-hybridized carbons (Fsp3) is 0.917. The summed E-state index contributed by atoms with van der Waals surface area (Å²) in [5.74, 6) is 0. The highest BCUT2D eigenvalue weighted by atomic mass is 16.5. The summed E-state index contributed by atoms with van der Waals surface area (Å²) in [6.07, 6.45) is 3.48. The van der Waals surface area contributed by atoms with Gasteiger partial charge in [0, 0.05) is 12.6 Å². The molecule has 1 unspecified atom stereocenters. The van der Waals surface area contributed by atoms with Crippen molar-refractivity contribution in [2.45, 2.75) is 58.5 Å². The molecular weight excluding hydrogens is 188 g/mol. The zero-order valence-electron chi connectivity index (χ0n) is 10.5. The summed E-state index contributed by atoms with van der Waals surface area (Å²) in [5.41, 5.74) is -0.555. The monoisotopic (exact) mass is 212 g/mol. The molecule has 0 aromatic rings. The van der Waals surface area contributed by atoms with E-state index in [1.54, 1.807) is 0 Å². The quantitative estimate of drug-likeness (QED) is 0.629. The molecule has 3 heteroatoms. The Hall–Kier alpha value is -0.590. The van der Waals surface area contributed by atoms with Crippen molar-refractivity contribution in [1.82, 2.24) is 5.32 Å². The summed E-state index contributed by atoms with van der Waals surface area (Å²) in [7, 11) is 0. The Bertz CT molecular complexity index is 198. The lowest BCUT2D eigenvalue weighted by atomic mass is 10.1. The van der Waals surface area contributed by atoms with E-state index in [0.717, 1.165) is 13.0 Å². The van der Waals surface area contributed by atoms with E-state index in [1.165, 1.54) is 12.8 Å². The van der Waals surface area contributed by atoms with Crippen LogP contribution in [0.5, 0.6) is 0 Å². The molecule has 0 heterocycles. The lowest BCUT2D eigenvalue weighted by Gasteiger charge is -2.25. The Morgan fingerprint density at radius 2 is 2.07 bits per heavy atom. The molecule has 88 valence electrons. The van der Waals surface area contributed by atoms with E-state index in [9.17, 15) is 0 Å². The Morgan fingerprint density at radius 3 is 2.53 bits per heavy atom. The van der Waals surface area contributed by atoms with E-state index < -0.39 is 5.54 Å². The van der Waals surface area contributed by atoms with Gasteiger partial charge in [-0.2, -0.15) is 5.26 Å². The van der Waals surface area contributed by atoms with Crippen LogP contribution in [0, 0.1) is 11.3 Å². The van der Waals surface area contributed by atoms with Crippen molar-refractivity contribution in [2.75, 3.05) is 13.2 Å². The molecule has 0 aliphatic rings. The van der Waals surface area contributed by atoms with Gasteiger partial charge in [-0.3, -0.25) is 5.32 Å². The van der Waals surface area contributed by atoms with E-state index in [2.05, 4.69) is 18.3 Å². The van der Waals surface area contributed by atoms with Crippen LogP contribution in [0.15, 0.2) is 0 Å². The zero-order chi connectivity index (χ0) is 11.7. The number of ether oxygens (including phenoxy) is 1. The average molecular weight is 212 g/mol. The van der Waals surface area contributed by atoms with E-state index >= 15 is 0 Å². The first-order valence-corrected chi connectivity index (χ1v) is 5.80. The highest BCUT2D eigenvalue weighted by Gasteiger charge is 2.24. The molecule has 0 aliphatic carbocycles. The molecule has 0 saturated carbocycles. The van der Waals surface area contributed by atoms with Gasteiger partial charge in [0.25, 0.3) is 0 Å². The fourth-order valence-corrected chi connectivity index (χ4v) is 1.47. The van der Waals surface area contributed by atoms with Crippen LogP contribution in [-0.2, 0) is 4.74 Å². The third-order valence-electron chi connectivity index (χ3n) is 2.14. The molecule has 0 aliphatic heterocycles. The van der Waals surface area contributed by atoms with Crippen LogP contribution in [0.1, 0.15) is 47.0 Å². The third-order valence-corrected chi connectivity index (χ3v) is 2.14. The van der Waals surface area contributed by atoms with Gasteiger partial charge in [-0.25, -0.2) is 0 Å². The first kappa shape index (κ1) is 14.4. The van der Waals surface area contributed by atoms with Crippen LogP contribution in [0.3, 0.4) is 0 Å². The van der Waals surface area contributed by atoms with E-state index in [0.29, 0.717) is 12.6 Å². The highest BCUT2D eigenvalue weighted by molar-refractivity contribution is 5.04. The molecule has 1 N–H and O–H groups in total. The number of unbranched alkanes of at least 4 members (excludes halogenated alkanes) is 2. The maximum Gasteiger partial charge on any atom is 0.127 e. The number of nitriles is 1. The Labute approximate surface area is 93.8 Å². The SMILES string of the molecule is CCCCCOCC(C)(C#N)NC(C)C. The topological polar surface area (TPSA) is 45.0 Å². The molecule has 0 spiro atoms. The van der Waals surface area contributed by atoms with E-state index in [1.807, 2.05) is 20.8 Å². The summed E-state index contributed by atoms with van der Waals surface area (Å²) in [6.45, 7) is 9.34. The maximum atomic E-state index is 9.04. The Balaban J connectivity index is 3.74. The Morgan fingerprint density at radius 1 is 1.40 bits per heavy atom. The van der Waals surface area contributed by atoms with Crippen LogP contribution in [0.25, 0.3) is 0 Å². The van der Waals surface area contributed by atoms with Gasteiger partial charge in [-0.1, -0.05) is 19.8 Å². The van der Waals surface area contributed by atoms with Crippen molar-refractivity contribution in [3.8, 4) is 6.07 Å². The summed E-state index contributed by atoms with van der Waals surface area (Å²) in [6, 6.07) is 2.56. The molecule has 0 radical (unpaired) electrons. The van der Waals surface area contributed by atoms with E-state index in [-0.39, 0.29) is 0 Å². The van der Waals surface area contributed by atoms with Crippen LogP contribution in [0.2, 0.25) is 0 Å². The number of hydrogen-bond acceptors (Lipinski definition) is 3. The predicted octanol–water partition coefficient (Wildman–Crippen LogP) is 2.47. The molecule has 0 rings (SSSR count). The number of hydrogen-bond donors (Lipinski definition) is 1. The summed E-state index contributed by atoms with van der Waals surface area (Å²) < 4.78 is 5.51. The largest absolute Gasteiger partial charge is 0.378 e. The predicted molar refractivity (Wildman–Crippen MR) is 62.6 cm³/mol. The van der Waals surface area contributed by atoms with Crippen molar-refractivity contribution in [3.63, 3.8) is 0 Å². The van der Waals surface area contributed by atoms with Crippen LogP contribution >= 0.6 is 0 Å². The van der Waals surface area contributed by atoms with Crippen molar-refractivity contribution in [2.24, 2.45) is 0 Å². The number of rotatable bonds is 8. The van der Waals surface area contributed by atoms with Gasteiger partial charge in [-0.15, -0.1) is 0 Å². The molecule has 0 aromatic heterocycles. The van der Waals surface area contributed by atoms with Gasteiger partial charge in [0.15, 0.2) is 0 Å². The van der Waals surface area contributed by atoms with Crippen molar-refractivity contribution in [3.05, 3.63) is 0 Å². The maximum absolute atomic E-state index is 9.04. The number of nitrogens with one attached hydrogen (secondary N) is 1. The second-order valence-corrected chi connectivity index (χ2v) is 4.50. The second-order valence-electron chi connectivity index (χ2n) is 4.50. The molecule has 15 heavy (non-hydrogen) atoms. The summed E-state index contributed by atoms with van der Waals surface area (Å²) in [4.78, 5) is 0. The molecule has 3 nitrogen and oxygen atoms in total. The smallest absolute Gasteiger partial charge is 0.127 e. The molecular formula is C12H24N2O. The van der Waals surface area contributed by atoms with Gasteiger partial charge in [0.05, 0.1) is 12.7 Å². The fourth-order valence-electron chi connectivity index (χ4n) is 1.47. The molecule has 0 amide bonds. The summed E-state index contributed by atoms with van der Waals surface area (Å²) >= 11 is 0. The minimum Gasteiger partial charge on any atom is -0.378 e. The van der Waals surface area contributed by atoms with Crippen LogP contribution in [-0.4, -0.2) is 24.8 Å². The second kappa shape index (κ2) is 7.67. The minimum atomic E-state index is -0.555. The summed E-state index contributed by atoms with van der Waals surface area (Å²) in [5, 5.41) is 12.3. The highest BCUT2D eigenvalue weighted by Crippen LogP contribution is 2.05. The molecule has 0 fully saturated rings. The molecule has 0 aromatic carbocycles. The normalized spacial score (nSPS) is 14.9. The van der Waals surface area contributed by atoms with Crippen molar-refractivity contribution in [1.29, 1.82) is 5.26 Å². The molecule has 0 bridgehead atoms. The first-order valence-electron chi connectivity index (χ1n) is 5.80. The lowest BCUT2D eigenvalue weighted by molar-refractivity contribution is 0.0895. The van der Waals surface area contributed by atoms with Crippen LogP contribution < -0.4 is 5.32 Å². The number of nitrogens with zero attached hydrogens (tertiary/aromatic N) is 1. The van der Waals surface area contributed by atoms with Gasteiger partial charge >= 0.3 is 0 Å². The van der Waals surface area contributed by atoms with Crippen LogP contribution in [0.4, 0.5) is 0 Å². The van der Waals surface area contributed by atoms with Gasteiger partial charge in [0.2, 0.25) is 0 Å². The van der Waals surface area contributed by atoms with E-state index in [4.69, 9.17) is 10.00 Å². The van der Waals surface area contributed by atoms with Crippen molar-refractivity contribution < 1.29 is 4.74 Å². The van der Waals surface area contributed by atoms with Gasteiger partial charge < -0.3 is 4.74 Å². The zero-order valence-corrected chi connectivity index (χ0v) is 10.5.